The second-order valence-electron chi connectivity index (χ2n) is 7.51. The fraction of sp³-hybridized carbons (Fsp3) is 0.200. The highest BCUT2D eigenvalue weighted by Gasteiger charge is 2.19. The fourth-order valence-corrected chi connectivity index (χ4v) is 3.99. The maximum atomic E-state index is 12.7. The summed E-state index contributed by atoms with van der Waals surface area (Å²) in [6.45, 7) is 4.29. The molecule has 0 saturated heterocycles. The molecule has 0 spiro atoms. The molecule has 0 atom stereocenters. The van der Waals surface area contributed by atoms with Crippen LogP contribution in [0, 0.1) is 13.8 Å². The van der Waals surface area contributed by atoms with Gasteiger partial charge in [-0.2, -0.15) is 4.98 Å². The summed E-state index contributed by atoms with van der Waals surface area (Å²) in [5, 5.41) is 6.80. The van der Waals surface area contributed by atoms with Crippen molar-refractivity contribution in [2.24, 2.45) is 0 Å². The number of carbonyl (C=O) groups excluding carboxylic acids is 2. The monoisotopic (exact) mass is 460 g/mol. The van der Waals surface area contributed by atoms with Crippen LogP contribution in [0.25, 0.3) is 11.1 Å². The third-order valence-corrected chi connectivity index (χ3v) is 6.03. The first-order valence-corrected chi connectivity index (χ1v) is 11.6. The Morgan fingerprint density at radius 1 is 0.970 bits per heavy atom. The zero-order valence-electron chi connectivity index (χ0n) is 18.4. The van der Waals surface area contributed by atoms with Crippen LogP contribution in [-0.2, 0) is 11.2 Å². The van der Waals surface area contributed by atoms with Gasteiger partial charge in [0.25, 0.3) is 5.91 Å². The number of furan rings is 1. The second kappa shape index (κ2) is 10.3. The average molecular weight is 461 g/mol. The van der Waals surface area contributed by atoms with Crippen molar-refractivity contribution in [3.63, 3.8) is 0 Å². The Morgan fingerprint density at radius 2 is 1.67 bits per heavy atom. The number of nitrogens with zero attached hydrogens (tertiary/aromatic N) is 2. The van der Waals surface area contributed by atoms with E-state index in [1.165, 1.54) is 17.3 Å². The van der Waals surface area contributed by atoms with Gasteiger partial charge >= 0.3 is 0 Å². The largest absolute Gasteiger partial charge is 0.443 e. The summed E-state index contributed by atoms with van der Waals surface area (Å²) in [4.78, 5) is 34.0. The summed E-state index contributed by atoms with van der Waals surface area (Å²) in [5.41, 5.74) is 2.94. The lowest BCUT2D eigenvalue weighted by Crippen LogP contribution is -2.27. The summed E-state index contributed by atoms with van der Waals surface area (Å²) < 4.78 is 5.77. The number of amides is 2. The highest BCUT2D eigenvalue weighted by atomic mass is 32.2. The quantitative estimate of drug-likeness (QED) is 0.296. The molecule has 8 heteroatoms. The Labute approximate surface area is 196 Å². The smallest absolute Gasteiger partial charge is 0.256 e. The summed E-state index contributed by atoms with van der Waals surface area (Å²) in [5.74, 6) is 0.848. The number of carbonyl (C=O) groups is 2. The number of aromatic nitrogens is 2. The van der Waals surface area contributed by atoms with Gasteiger partial charge in [-0.1, -0.05) is 60.3 Å². The number of nitrogens with one attached hydrogen (secondary N) is 2. The van der Waals surface area contributed by atoms with Crippen LogP contribution in [0.4, 0.5) is 5.82 Å². The zero-order chi connectivity index (χ0) is 23.2. The van der Waals surface area contributed by atoms with E-state index in [4.69, 9.17) is 4.42 Å². The molecule has 2 heterocycles. The molecule has 168 valence electrons. The van der Waals surface area contributed by atoms with Gasteiger partial charge in [0.2, 0.25) is 11.6 Å². The highest BCUT2D eigenvalue weighted by Crippen LogP contribution is 2.31. The molecule has 33 heavy (non-hydrogen) atoms. The van der Waals surface area contributed by atoms with Crippen LogP contribution in [0.15, 0.2) is 70.2 Å². The minimum absolute atomic E-state index is 0.110. The van der Waals surface area contributed by atoms with Crippen LogP contribution in [0.1, 0.15) is 27.2 Å². The van der Waals surface area contributed by atoms with Crippen LogP contribution in [0.3, 0.4) is 0 Å². The number of rotatable bonds is 8. The number of aryl methyl sites for hydroxylation is 2. The maximum Gasteiger partial charge on any atom is 0.256 e. The van der Waals surface area contributed by atoms with E-state index in [-0.39, 0.29) is 17.6 Å². The van der Waals surface area contributed by atoms with Crippen molar-refractivity contribution >= 4 is 40.5 Å². The van der Waals surface area contributed by atoms with Gasteiger partial charge in [-0.05, 0) is 38.0 Å². The van der Waals surface area contributed by atoms with E-state index in [1.54, 1.807) is 24.3 Å². The average Bonchev–Trinajstić information content (AvgIpc) is 3.12. The molecule has 2 N–H and O–H groups in total. The Morgan fingerprint density at radius 3 is 2.39 bits per heavy atom. The number of fused-ring (bicyclic) bond motifs is 1. The van der Waals surface area contributed by atoms with Crippen molar-refractivity contribution in [3.8, 4) is 0 Å². The molecule has 0 radical (unpaired) electrons. The molecular weight excluding hydrogens is 436 g/mol. The van der Waals surface area contributed by atoms with Gasteiger partial charge in [-0.3, -0.25) is 9.59 Å². The third kappa shape index (κ3) is 5.59. The first-order chi connectivity index (χ1) is 16.0. The van der Waals surface area contributed by atoms with Crippen LogP contribution in [-0.4, -0.2) is 34.1 Å². The molecule has 0 aliphatic rings. The van der Waals surface area contributed by atoms with E-state index in [9.17, 15) is 9.59 Å². The van der Waals surface area contributed by atoms with Crippen LogP contribution >= 0.6 is 11.8 Å². The topological polar surface area (TPSA) is 97.1 Å². The first-order valence-electron chi connectivity index (χ1n) is 10.6. The van der Waals surface area contributed by atoms with Crippen LogP contribution in [0.2, 0.25) is 0 Å². The Balaban J connectivity index is 1.45. The van der Waals surface area contributed by atoms with E-state index < -0.39 is 0 Å². The van der Waals surface area contributed by atoms with E-state index in [1.807, 2.05) is 50.2 Å². The van der Waals surface area contributed by atoms with E-state index >= 15 is 0 Å². The summed E-state index contributed by atoms with van der Waals surface area (Å²) >= 11 is 1.20. The number of hydrogen-bond donors (Lipinski definition) is 2. The SMILES string of the molecule is Cc1oc2nc(SCC(=O)NCCc3ccccc3)nc(NC(=O)c3ccccc3)c2c1C. The van der Waals surface area contributed by atoms with Gasteiger partial charge in [-0.15, -0.1) is 0 Å². The lowest BCUT2D eigenvalue weighted by molar-refractivity contribution is -0.118. The summed E-state index contributed by atoms with van der Waals surface area (Å²) in [6.07, 6.45) is 0.764. The fourth-order valence-electron chi connectivity index (χ4n) is 3.33. The zero-order valence-corrected chi connectivity index (χ0v) is 19.2. The molecule has 0 aliphatic heterocycles. The second-order valence-corrected chi connectivity index (χ2v) is 8.46. The van der Waals surface area contributed by atoms with E-state index in [2.05, 4.69) is 20.6 Å². The van der Waals surface area contributed by atoms with Crippen molar-refractivity contribution in [2.45, 2.75) is 25.4 Å². The normalized spacial score (nSPS) is 10.8. The lowest BCUT2D eigenvalue weighted by Gasteiger charge is -2.08. The van der Waals surface area contributed by atoms with Gasteiger partial charge < -0.3 is 15.1 Å². The predicted octanol–water partition coefficient (Wildman–Crippen LogP) is 4.54. The molecular formula is C25H24N4O3S. The molecule has 7 nitrogen and oxygen atoms in total. The third-order valence-electron chi connectivity index (χ3n) is 5.19. The molecule has 0 aliphatic carbocycles. The molecule has 0 fully saturated rings. The standard InChI is InChI=1S/C25H24N4O3S/c1-16-17(2)32-24-21(16)22(27-23(31)19-11-7-4-8-12-19)28-25(29-24)33-15-20(30)26-14-13-18-9-5-3-6-10-18/h3-12H,13-15H2,1-2H3,(H,26,30)(H,27,28,29,31). The minimum Gasteiger partial charge on any atom is -0.443 e. The van der Waals surface area contributed by atoms with Gasteiger partial charge in [0, 0.05) is 17.7 Å². The van der Waals surface area contributed by atoms with Crippen molar-refractivity contribution in [3.05, 3.63) is 83.1 Å². The molecule has 0 saturated carbocycles. The van der Waals surface area contributed by atoms with E-state index in [0.29, 0.717) is 39.9 Å². The Bertz CT molecular complexity index is 1270. The molecule has 2 amide bonds. The van der Waals surface area contributed by atoms with Crippen LogP contribution < -0.4 is 10.6 Å². The van der Waals surface area contributed by atoms with Gasteiger partial charge in [0.15, 0.2) is 5.16 Å². The van der Waals surface area contributed by atoms with Gasteiger partial charge in [0.05, 0.1) is 11.1 Å². The Hall–Kier alpha value is -3.65. The Kier molecular flexibility index (Phi) is 7.04. The van der Waals surface area contributed by atoms with Gasteiger partial charge in [-0.25, -0.2) is 4.98 Å². The molecule has 4 aromatic rings. The number of anilines is 1. The minimum atomic E-state index is -0.275. The lowest BCUT2D eigenvalue weighted by atomic mass is 10.1. The van der Waals surface area contributed by atoms with Crippen LogP contribution in [0.5, 0.6) is 0 Å². The number of benzene rings is 2. The van der Waals surface area contributed by atoms with Crippen molar-refractivity contribution in [1.82, 2.24) is 15.3 Å². The van der Waals surface area contributed by atoms with Crippen molar-refractivity contribution in [1.29, 1.82) is 0 Å². The van der Waals surface area contributed by atoms with Crippen molar-refractivity contribution < 1.29 is 14.0 Å². The van der Waals surface area contributed by atoms with Crippen molar-refractivity contribution in [2.75, 3.05) is 17.6 Å². The molecule has 2 aromatic carbocycles. The first kappa shape index (κ1) is 22.5. The van der Waals surface area contributed by atoms with Gasteiger partial charge in [0.1, 0.15) is 11.6 Å². The summed E-state index contributed by atoms with van der Waals surface area (Å²) in [7, 11) is 0. The molecule has 0 bridgehead atoms. The summed E-state index contributed by atoms with van der Waals surface area (Å²) in [6, 6.07) is 18.9. The molecule has 2 aromatic heterocycles. The van der Waals surface area contributed by atoms with E-state index in [0.717, 1.165) is 12.0 Å². The predicted molar refractivity (Wildman–Crippen MR) is 130 cm³/mol. The molecule has 0 unspecified atom stereocenters. The number of hydrogen-bond acceptors (Lipinski definition) is 6. The molecule has 4 rings (SSSR count). The highest BCUT2D eigenvalue weighted by molar-refractivity contribution is 7.99. The number of thioether (sulfide) groups is 1. The maximum absolute atomic E-state index is 12.7.